The highest BCUT2D eigenvalue weighted by Crippen LogP contribution is 2.11. The van der Waals surface area contributed by atoms with Crippen LogP contribution in [0.4, 0.5) is 0 Å². The molecule has 0 bridgehead atoms. The summed E-state index contributed by atoms with van der Waals surface area (Å²) in [6.45, 7) is 2.57. The summed E-state index contributed by atoms with van der Waals surface area (Å²) in [4.78, 5) is 0. The number of hydrogen-bond donors (Lipinski definition) is 1. The largest absolute Gasteiger partial charge is 0.379 e. The third kappa shape index (κ3) is 4.33. The highest BCUT2D eigenvalue weighted by Gasteiger charge is 2.14. The van der Waals surface area contributed by atoms with Crippen molar-refractivity contribution in [1.29, 1.82) is 0 Å². The van der Waals surface area contributed by atoms with Gasteiger partial charge in [0, 0.05) is 13.2 Å². The zero-order chi connectivity index (χ0) is 8.65. The van der Waals surface area contributed by atoms with Crippen LogP contribution in [0.2, 0.25) is 0 Å². The van der Waals surface area contributed by atoms with Crippen molar-refractivity contribution >= 4 is 12.6 Å². The van der Waals surface area contributed by atoms with Gasteiger partial charge in [-0.05, 0) is 31.4 Å². The maximum atomic E-state index is 5.46. The average Bonchev–Trinajstić information content (AvgIpc) is 2.57. The maximum Gasteiger partial charge on any atom is 0.0809 e. The minimum atomic E-state index is 0.376. The highest BCUT2D eigenvalue weighted by atomic mass is 32.1. The average molecular weight is 190 g/mol. The monoisotopic (exact) mass is 190 g/mol. The maximum absolute atomic E-state index is 5.46. The fourth-order valence-electron chi connectivity index (χ4n) is 1.31. The third-order valence-electron chi connectivity index (χ3n) is 2.02. The third-order valence-corrected chi connectivity index (χ3v) is 2.34. The van der Waals surface area contributed by atoms with E-state index in [0.29, 0.717) is 6.10 Å². The Bertz CT molecular complexity index is 103. The summed E-state index contributed by atoms with van der Waals surface area (Å²) in [5.74, 6) is 0.962. The number of hydrogen-bond acceptors (Lipinski definition) is 3. The Balaban J connectivity index is 1.81. The summed E-state index contributed by atoms with van der Waals surface area (Å²) in [5.41, 5.74) is 0. The first-order chi connectivity index (χ1) is 5.93. The molecule has 1 aliphatic heterocycles. The first kappa shape index (κ1) is 10.4. The molecule has 0 aromatic carbocycles. The van der Waals surface area contributed by atoms with Gasteiger partial charge in [-0.25, -0.2) is 0 Å². The molecule has 1 unspecified atom stereocenters. The molecule has 1 aliphatic rings. The molecular formula is C9H18O2S. The SMILES string of the molecule is SCCCCOCC1CCCO1. The Morgan fingerprint density at radius 3 is 3.00 bits per heavy atom. The van der Waals surface area contributed by atoms with Crippen LogP contribution in [0.15, 0.2) is 0 Å². The molecule has 12 heavy (non-hydrogen) atoms. The molecule has 3 heteroatoms. The van der Waals surface area contributed by atoms with Crippen molar-refractivity contribution in [1.82, 2.24) is 0 Å². The van der Waals surface area contributed by atoms with Crippen LogP contribution in [0.25, 0.3) is 0 Å². The standard InChI is InChI=1S/C9H18O2S/c12-7-2-1-5-10-8-9-4-3-6-11-9/h9,12H,1-8H2. The molecule has 0 N–H and O–H groups in total. The van der Waals surface area contributed by atoms with Crippen molar-refractivity contribution in [3.8, 4) is 0 Å². The predicted molar refractivity (Wildman–Crippen MR) is 52.9 cm³/mol. The van der Waals surface area contributed by atoms with Crippen molar-refractivity contribution in [2.45, 2.75) is 31.8 Å². The normalized spacial score (nSPS) is 23.2. The van der Waals surface area contributed by atoms with E-state index in [9.17, 15) is 0 Å². The molecule has 1 rings (SSSR count). The van der Waals surface area contributed by atoms with Crippen LogP contribution in [-0.2, 0) is 9.47 Å². The first-order valence-corrected chi connectivity index (χ1v) is 5.37. The van der Waals surface area contributed by atoms with Crippen LogP contribution in [0.3, 0.4) is 0 Å². The molecule has 0 aromatic heterocycles. The molecule has 0 aliphatic carbocycles. The van der Waals surface area contributed by atoms with E-state index in [-0.39, 0.29) is 0 Å². The summed E-state index contributed by atoms with van der Waals surface area (Å²) >= 11 is 4.13. The summed E-state index contributed by atoms with van der Waals surface area (Å²) in [6.07, 6.45) is 5.02. The smallest absolute Gasteiger partial charge is 0.0809 e. The second-order valence-corrected chi connectivity index (χ2v) is 3.59. The quantitative estimate of drug-likeness (QED) is 0.509. The van der Waals surface area contributed by atoms with Crippen LogP contribution < -0.4 is 0 Å². The number of thiol groups is 1. The van der Waals surface area contributed by atoms with E-state index in [0.717, 1.165) is 38.4 Å². The van der Waals surface area contributed by atoms with Crippen LogP contribution in [-0.4, -0.2) is 31.7 Å². The lowest BCUT2D eigenvalue weighted by molar-refractivity contribution is 0.0165. The summed E-state index contributed by atoms with van der Waals surface area (Å²) in [7, 11) is 0. The van der Waals surface area contributed by atoms with Gasteiger partial charge in [-0.2, -0.15) is 12.6 Å². The van der Waals surface area contributed by atoms with E-state index in [1.165, 1.54) is 12.8 Å². The van der Waals surface area contributed by atoms with Crippen molar-refractivity contribution in [3.05, 3.63) is 0 Å². The topological polar surface area (TPSA) is 18.5 Å². The van der Waals surface area contributed by atoms with Gasteiger partial charge < -0.3 is 9.47 Å². The van der Waals surface area contributed by atoms with Crippen molar-refractivity contribution < 1.29 is 9.47 Å². The second-order valence-electron chi connectivity index (χ2n) is 3.14. The van der Waals surface area contributed by atoms with E-state index in [1.807, 2.05) is 0 Å². The molecule has 2 nitrogen and oxygen atoms in total. The van der Waals surface area contributed by atoms with Crippen molar-refractivity contribution in [3.63, 3.8) is 0 Å². The van der Waals surface area contributed by atoms with Gasteiger partial charge in [-0.1, -0.05) is 0 Å². The Morgan fingerprint density at radius 2 is 2.33 bits per heavy atom. The Kier molecular flexibility index (Phi) is 5.82. The summed E-state index contributed by atoms with van der Waals surface area (Å²) < 4.78 is 10.9. The molecule has 1 heterocycles. The Labute approximate surface area is 80.0 Å². The predicted octanol–water partition coefficient (Wildman–Crippen LogP) is 1.89. The van der Waals surface area contributed by atoms with Crippen LogP contribution in [0, 0.1) is 0 Å². The lowest BCUT2D eigenvalue weighted by Crippen LogP contribution is -2.14. The zero-order valence-corrected chi connectivity index (χ0v) is 8.39. The van der Waals surface area contributed by atoms with E-state index in [1.54, 1.807) is 0 Å². The van der Waals surface area contributed by atoms with Gasteiger partial charge in [0.25, 0.3) is 0 Å². The molecule has 0 spiro atoms. The molecule has 72 valence electrons. The van der Waals surface area contributed by atoms with Gasteiger partial charge in [0.1, 0.15) is 0 Å². The van der Waals surface area contributed by atoms with Gasteiger partial charge in [0.2, 0.25) is 0 Å². The molecule has 0 radical (unpaired) electrons. The molecule has 1 fully saturated rings. The molecule has 1 saturated heterocycles. The van der Waals surface area contributed by atoms with E-state index in [2.05, 4.69) is 12.6 Å². The molecule has 0 saturated carbocycles. The minimum absolute atomic E-state index is 0.376. The van der Waals surface area contributed by atoms with Gasteiger partial charge in [0.15, 0.2) is 0 Å². The molecule has 0 amide bonds. The molecular weight excluding hydrogens is 172 g/mol. The van der Waals surface area contributed by atoms with Gasteiger partial charge in [0.05, 0.1) is 12.7 Å². The Morgan fingerprint density at radius 1 is 1.42 bits per heavy atom. The lowest BCUT2D eigenvalue weighted by Gasteiger charge is -2.09. The minimum Gasteiger partial charge on any atom is -0.379 e. The number of ether oxygens (including phenoxy) is 2. The number of unbranched alkanes of at least 4 members (excludes halogenated alkanes) is 1. The lowest BCUT2D eigenvalue weighted by atomic mass is 10.2. The molecule has 0 aromatic rings. The van der Waals surface area contributed by atoms with E-state index >= 15 is 0 Å². The van der Waals surface area contributed by atoms with E-state index < -0.39 is 0 Å². The van der Waals surface area contributed by atoms with E-state index in [4.69, 9.17) is 9.47 Å². The van der Waals surface area contributed by atoms with Crippen LogP contribution >= 0.6 is 12.6 Å². The highest BCUT2D eigenvalue weighted by molar-refractivity contribution is 7.80. The first-order valence-electron chi connectivity index (χ1n) is 4.73. The van der Waals surface area contributed by atoms with Crippen LogP contribution in [0.5, 0.6) is 0 Å². The van der Waals surface area contributed by atoms with Crippen molar-refractivity contribution in [2.24, 2.45) is 0 Å². The van der Waals surface area contributed by atoms with Crippen LogP contribution in [0.1, 0.15) is 25.7 Å². The van der Waals surface area contributed by atoms with Gasteiger partial charge in [-0.3, -0.25) is 0 Å². The summed E-state index contributed by atoms with van der Waals surface area (Å²) in [5, 5.41) is 0. The Hall–Kier alpha value is 0.270. The van der Waals surface area contributed by atoms with Gasteiger partial charge in [-0.15, -0.1) is 0 Å². The fourth-order valence-corrected chi connectivity index (χ4v) is 1.53. The summed E-state index contributed by atoms with van der Waals surface area (Å²) in [6, 6.07) is 0. The van der Waals surface area contributed by atoms with Gasteiger partial charge >= 0.3 is 0 Å². The van der Waals surface area contributed by atoms with Crippen molar-refractivity contribution in [2.75, 3.05) is 25.6 Å². The zero-order valence-electron chi connectivity index (χ0n) is 7.50. The number of rotatable bonds is 6. The second kappa shape index (κ2) is 6.75. The molecule has 1 atom stereocenters. The fraction of sp³-hybridized carbons (Fsp3) is 1.00.